The summed E-state index contributed by atoms with van der Waals surface area (Å²) in [5.41, 5.74) is 3.79. The van der Waals surface area contributed by atoms with Crippen molar-refractivity contribution in [2.75, 3.05) is 11.9 Å². The van der Waals surface area contributed by atoms with Crippen LogP contribution in [0.2, 0.25) is 0 Å². The molecule has 2 heterocycles. The van der Waals surface area contributed by atoms with Crippen LogP contribution in [0, 0.1) is 0 Å². The number of aryl methyl sites for hydroxylation is 1. The van der Waals surface area contributed by atoms with Crippen LogP contribution in [0.5, 0.6) is 11.5 Å². The SMILES string of the molecule is CCNC(=O)c1cc(Oc2ccc3oc(Nc4ccc(CC)cc4)nc3c2)ccn1. The zero-order chi connectivity index (χ0) is 20.9. The minimum absolute atomic E-state index is 0.238. The van der Waals surface area contributed by atoms with Gasteiger partial charge in [-0.3, -0.25) is 9.78 Å². The van der Waals surface area contributed by atoms with Gasteiger partial charge in [0.1, 0.15) is 22.7 Å². The summed E-state index contributed by atoms with van der Waals surface area (Å²) in [5.74, 6) is 0.865. The molecular weight excluding hydrogens is 380 g/mol. The van der Waals surface area contributed by atoms with Gasteiger partial charge in [0.15, 0.2) is 5.58 Å². The zero-order valence-electron chi connectivity index (χ0n) is 16.8. The molecule has 4 rings (SSSR count). The van der Waals surface area contributed by atoms with Gasteiger partial charge in [-0.25, -0.2) is 0 Å². The molecule has 0 saturated carbocycles. The maximum atomic E-state index is 12.0. The number of pyridine rings is 1. The number of ether oxygens (including phenoxy) is 1. The molecule has 4 aromatic rings. The maximum Gasteiger partial charge on any atom is 0.300 e. The van der Waals surface area contributed by atoms with Crippen LogP contribution in [-0.2, 0) is 6.42 Å². The average molecular weight is 402 g/mol. The van der Waals surface area contributed by atoms with Crippen molar-refractivity contribution >= 4 is 28.7 Å². The van der Waals surface area contributed by atoms with Gasteiger partial charge in [-0.1, -0.05) is 19.1 Å². The monoisotopic (exact) mass is 402 g/mol. The van der Waals surface area contributed by atoms with Crippen molar-refractivity contribution in [3.8, 4) is 11.5 Å². The number of carbonyl (C=O) groups is 1. The minimum atomic E-state index is -0.238. The molecule has 0 fully saturated rings. The molecule has 0 bridgehead atoms. The first-order chi connectivity index (χ1) is 14.6. The second kappa shape index (κ2) is 8.65. The summed E-state index contributed by atoms with van der Waals surface area (Å²) in [6.45, 7) is 4.51. The van der Waals surface area contributed by atoms with E-state index in [1.807, 2.05) is 19.1 Å². The number of hydrogen-bond donors (Lipinski definition) is 2. The highest BCUT2D eigenvalue weighted by molar-refractivity contribution is 5.92. The molecule has 0 atom stereocenters. The largest absolute Gasteiger partial charge is 0.457 e. The Hall–Kier alpha value is -3.87. The second-order valence-electron chi connectivity index (χ2n) is 6.66. The van der Waals surface area contributed by atoms with E-state index in [0.717, 1.165) is 12.1 Å². The van der Waals surface area contributed by atoms with Crippen molar-refractivity contribution in [3.05, 3.63) is 72.1 Å². The fourth-order valence-electron chi connectivity index (χ4n) is 2.96. The molecule has 7 heteroatoms. The lowest BCUT2D eigenvalue weighted by atomic mass is 10.1. The summed E-state index contributed by atoms with van der Waals surface area (Å²) >= 11 is 0. The van der Waals surface area contributed by atoms with Gasteiger partial charge < -0.3 is 19.8 Å². The van der Waals surface area contributed by atoms with E-state index in [1.54, 1.807) is 36.5 Å². The summed E-state index contributed by atoms with van der Waals surface area (Å²) in [6, 6.07) is 17.2. The Morgan fingerprint density at radius 1 is 1.03 bits per heavy atom. The highest BCUT2D eigenvalue weighted by atomic mass is 16.5. The summed E-state index contributed by atoms with van der Waals surface area (Å²) in [6.07, 6.45) is 2.54. The van der Waals surface area contributed by atoms with Crippen molar-refractivity contribution in [2.45, 2.75) is 20.3 Å². The van der Waals surface area contributed by atoms with E-state index in [1.165, 1.54) is 5.56 Å². The molecule has 0 aliphatic carbocycles. The van der Waals surface area contributed by atoms with Crippen LogP contribution in [-0.4, -0.2) is 22.4 Å². The molecule has 0 spiro atoms. The number of fused-ring (bicyclic) bond motifs is 1. The van der Waals surface area contributed by atoms with Gasteiger partial charge in [0.2, 0.25) is 0 Å². The standard InChI is InChI=1S/C23H22N4O3/c1-3-15-5-7-16(8-6-15)26-23-27-19-13-17(9-10-21(19)30-23)29-18-11-12-25-20(14-18)22(28)24-4-2/h5-14H,3-4H2,1-2H3,(H,24,28)(H,26,27). The quantitative estimate of drug-likeness (QED) is 0.449. The first-order valence-electron chi connectivity index (χ1n) is 9.83. The van der Waals surface area contributed by atoms with Gasteiger partial charge in [0, 0.05) is 30.6 Å². The van der Waals surface area contributed by atoms with E-state index in [9.17, 15) is 4.79 Å². The highest BCUT2D eigenvalue weighted by Crippen LogP contribution is 2.28. The fraction of sp³-hybridized carbons (Fsp3) is 0.174. The Labute approximate surface area is 174 Å². The number of carbonyl (C=O) groups excluding carboxylic acids is 1. The molecule has 0 saturated heterocycles. The number of aromatic nitrogens is 2. The van der Waals surface area contributed by atoms with Crippen molar-refractivity contribution in [1.29, 1.82) is 0 Å². The van der Waals surface area contributed by atoms with Gasteiger partial charge >= 0.3 is 0 Å². The summed E-state index contributed by atoms with van der Waals surface area (Å²) in [5, 5.41) is 5.89. The van der Waals surface area contributed by atoms with E-state index in [4.69, 9.17) is 9.15 Å². The van der Waals surface area contributed by atoms with Gasteiger partial charge in [0.05, 0.1) is 0 Å². The molecule has 152 valence electrons. The van der Waals surface area contributed by atoms with Gasteiger partial charge in [-0.15, -0.1) is 0 Å². The minimum Gasteiger partial charge on any atom is -0.457 e. The van der Waals surface area contributed by atoms with E-state index in [2.05, 4.69) is 39.7 Å². The Kier molecular flexibility index (Phi) is 5.61. The molecule has 0 aliphatic heterocycles. The fourth-order valence-corrected chi connectivity index (χ4v) is 2.96. The van der Waals surface area contributed by atoms with Crippen molar-refractivity contribution in [1.82, 2.24) is 15.3 Å². The van der Waals surface area contributed by atoms with Gasteiger partial charge in [-0.05, 0) is 49.2 Å². The average Bonchev–Trinajstić information content (AvgIpc) is 3.16. The van der Waals surface area contributed by atoms with E-state index in [-0.39, 0.29) is 5.91 Å². The topological polar surface area (TPSA) is 89.3 Å². The number of nitrogens with one attached hydrogen (secondary N) is 2. The van der Waals surface area contributed by atoms with E-state index >= 15 is 0 Å². The Morgan fingerprint density at radius 2 is 1.83 bits per heavy atom. The van der Waals surface area contributed by atoms with Crippen LogP contribution in [0.1, 0.15) is 29.9 Å². The molecule has 30 heavy (non-hydrogen) atoms. The summed E-state index contributed by atoms with van der Waals surface area (Å²) < 4.78 is 11.7. The summed E-state index contributed by atoms with van der Waals surface area (Å²) in [4.78, 5) is 20.5. The highest BCUT2D eigenvalue weighted by Gasteiger charge is 2.10. The number of hydrogen-bond acceptors (Lipinski definition) is 6. The molecule has 0 radical (unpaired) electrons. The van der Waals surface area contributed by atoms with Gasteiger partial charge in [-0.2, -0.15) is 4.98 Å². The number of oxazole rings is 1. The molecule has 0 aliphatic rings. The first-order valence-corrected chi connectivity index (χ1v) is 9.83. The lowest BCUT2D eigenvalue weighted by Gasteiger charge is -2.07. The maximum absolute atomic E-state index is 12.0. The number of amides is 1. The predicted octanol–water partition coefficient (Wildman–Crippen LogP) is 5.07. The summed E-state index contributed by atoms with van der Waals surface area (Å²) in [7, 11) is 0. The molecule has 2 N–H and O–H groups in total. The third-order valence-corrected chi connectivity index (χ3v) is 4.51. The number of benzene rings is 2. The first kappa shape index (κ1) is 19.4. The lowest BCUT2D eigenvalue weighted by molar-refractivity contribution is 0.0950. The number of anilines is 2. The Balaban J connectivity index is 1.51. The molecule has 2 aromatic heterocycles. The molecular formula is C23H22N4O3. The molecule has 7 nitrogen and oxygen atoms in total. The smallest absolute Gasteiger partial charge is 0.300 e. The number of rotatable bonds is 7. The zero-order valence-corrected chi connectivity index (χ0v) is 16.8. The van der Waals surface area contributed by atoms with Crippen LogP contribution in [0.15, 0.2) is 65.2 Å². The number of nitrogens with zero attached hydrogens (tertiary/aromatic N) is 2. The van der Waals surface area contributed by atoms with Crippen LogP contribution < -0.4 is 15.4 Å². The molecule has 2 aromatic carbocycles. The van der Waals surface area contributed by atoms with Crippen molar-refractivity contribution < 1.29 is 13.9 Å². The van der Waals surface area contributed by atoms with E-state index in [0.29, 0.717) is 40.9 Å². The van der Waals surface area contributed by atoms with Gasteiger partial charge in [0.25, 0.3) is 11.9 Å². The Morgan fingerprint density at radius 3 is 2.60 bits per heavy atom. The van der Waals surface area contributed by atoms with Crippen LogP contribution in [0.25, 0.3) is 11.1 Å². The van der Waals surface area contributed by atoms with Crippen LogP contribution in [0.3, 0.4) is 0 Å². The third-order valence-electron chi connectivity index (χ3n) is 4.51. The third kappa shape index (κ3) is 4.41. The van der Waals surface area contributed by atoms with Crippen LogP contribution >= 0.6 is 0 Å². The van der Waals surface area contributed by atoms with Crippen molar-refractivity contribution in [3.63, 3.8) is 0 Å². The van der Waals surface area contributed by atoms with E-state index < -0.39 is 0 Å². The Bertz CT molecular complexity index is 1170. The molecule has 0 unspecified atom stereocenters. The normalized spacial score (nSPS) is 10.7. The van der Waals surface area contributed by atoms with Crippen molar-refractivity contribution in [2.24, 2.45) is 0 Å². The predicted molar refractivity (Wildman–Crippen MR) is 115 cm³/mol. The second-order valence-corrected chi connectivity index (χ2v) is 6.66. The lowest BCUT2D eigenvalue weighted by Crippen LogP contribution is -2.23. The molecule has 1 amide bonds. The van der Waals surface area contributed by atoms with Crippen LogP contribution in [0.4, 0.5) is 11.7 Å².